The van der Waals surface area contributed by atoms with Gasteiger partial charge >= 0.3 is 18.1 Å². The Morgan fingerprint density at radius 3 is 2.34 bits per heavy atom. The molecule has 0 atom stereocenters. The fourth-order valence-corrected chi connectivity index (χ4v) is 3.90. The summed E-state index contributed by atoms with van der Waals surface area (Å²) in [5, 5.41) is 4.03. The van der Waals surface area contributed by atoms with Gasteiger partial charge in [-0.2, -0.15) is 13.2 Å². The Hall–Kier alpha value is -2.43. The molecule has 0 unspecified atom stereocenters. The SMILES string of the molecule is Cc1cccc2sc(NC(=O)NC3(C(F)(F)F)Oc4cc(Cl)c(Cl)cc4O3)nc12. The summed E-state index contributed by atoms with van der Waals surface area (Å²) in [7, 11) is 0. The Labute approximate surface area is 175 Å². The first-order chi connectivity index (χ1) is 13.6. The van der Waals surface area contributed by atoms with Crippen LogP contribution in [0.5, 0.6) is 11.5 Å². The van der Waals surface area contributed by atoms with E-state index >= 15 is 0 Å². The molecule has 4 rings (SSSR count). The van der Waals surface area contributed by atoms with Crippen molar-refractivity contribution in [1.29, 1.82) is 0 Å². The van der Waals surface area contributed by atoms with Crippen molar-refractivity contribution in [2.24, 2.45) is 0 Å². The third-order valence-corrected chi connectivity index (χ3v) is 5.64. The quantitative estimate of drug-likeness (QED) is 0.509. The number of thiazole rings is 1. The Morgan fingerprint density at radius 2 is 1.79 bits per heavy atom. The van der Waals surface area contributed by atoms with Crippen molar-refractivity contribution in [1.82, 2.24) is 10.3 Å². The molecule has 0 saturated heterocycles. The van der Waals surface area contributed by atoms with Gasteiger partial charge in [0.25, 0.3) is 0 Å². The standard InChI is InChI=1S/C17H10Cl2F3N3O3S/c1-7-3-2-4-12-13(7)23-15(29-12)24-14(26)25-17(16(20,21)22)27-10-5-8(18)9(19)6-11(10)28-17/h2-6H,1H3,(H2,23,24,25,26). The fraction of sp³-hybridized carbons (Fsp3) is 0.176. The number of fused-ring (bicyclic) bond motifs is 2. The van der Waals surface area contributed by atoms with Crippen LogP contribution >= 0.6 is 34.5 Å². The summed E-state index contributed by atoms with van der Waals surface area (Å²) >= 11 is 12.7. The van der Waals surface area contributed by atoms with Crippen molar-refractivity contribution < 1.29 is 27.4 Å². The van der Waals surface area contributed by atoms with Gasteiger partial charge in [-0.15, -0.1) is 0 Å². The van der Waals surface area contributed by atoms with Crippen molar-refractivity contribution in [2.45, 2.75) is 19.0 Å². The second kappa shape index (κ2) is 6.82. The topological polar surface area (TPSA) is 72.5 Å². The summed E-state index contributed by atoms with van der Waals surface area (Å²) in [5.41, 5.74) is 1.51. The van der Waals surface area contributed by atoms with E-state index in [1.54, 1.807) is 11.4 Å². The maximum atomic E-state index is 13.7. The summed E-state index contributed by atoms with van der Waals surface area (Å²) in [6, 6.07) is 6.35. The number of aryl methyl sites for hydroxylation is 1. The summed E-state index contributed by atoms with van der Waals surface area (Å²) < 4.78 is 51.8. The van der Waals surface area contributed by atoms with Gasteiger partial charge in [0.05, 0.1) is 20.3 Å². The Morgan fingerprint density at radius 1 is 1.17 bits per heavy atom. The minimum Gasteiger partial charge on any atom is -0.424 e. The maximum absolute atomic E-state index is 13.7. The van der Waals surface area contributed by atoms with Crippen molar-refractivity contribution in [3.8, 4) is 11.5 Å². The molecule has 6 nitrogen and oxygen atoms in total. The molecule has 0 fully saturated rings. The first kappa shape index (κ1) is 19.9. The number of rotatable bonds is 2. The van der Waals surface area contributed by atoms with Crippen LogP contribution in [0.1, 0.15) is 5.56 Å². The molecular weight excluding hydrogens is 454 g/mol. The fourth-order valence-electron chi connectivity index (χ4n) is 2.66. The molecule has 29 heavy (non-hydrogen) atoms. The van der Waals surface area contributed by atoms with Gasteiger partial charge in [0, 0.05) is 12.1 Å². The Kier molecular flexibility index (Phi) is 4.67. The van der Waals surface area contributed by atoms with Crippen molar-refractivity contribution in [2.75, 3.05) is 5.32 Å². The molecule has 0 aliphatic carbocycles. The van der Waals surface area contributed by atoms with Crippen LogP contribution in [-0.4, -0.2) is 23.1 Å². The molecule has 0 spiro atoms. The van der Waals surface area contributed by atoms with Gasteiger partial charge in [-0.3, -0.25) is 10.6 Å². The number of halogens is 5. The number of aromatic nitrogens is 1. The number of anilines is 1. The van der Waals surface area contributed by atoms with E-state index in [-0.39, 0.29) is 26.7 Å². The van der Waals surface area contributed by atoms with Gasteiger partial charge < -0.3 is 9.47 Å². The molecule has 0 radical (unpaired) electrons. The third-order valence-electron chi connectivity index (χ3n) is 3.99. The van der Waals surface area contributed by atoms with Crippen LogP contribution in [0.25, 0.3) is 10.2 Å². The normalized spacial score (nSPS) is 14.8. The molecule has 2 aromatic carbocycles. The monoisotopic (exact) mass is 463 g/mol. The number of alkyl halides is 3. The predicted octanol–water partition coefficient (Wildman–Crippen LogP) is 5.72. The van der Waals surface area contributed by atoms with Crippen LogP contribution < -0.4 is 20.1 Å². The van der Waals surface area contributed by atoms with Crippen molar-refractivity contribution >= 4 is 55.9 Å². The zero-order valence-electron chi connectivity index (χ0n) is 14.4. The van der Waals surface area contributed by atoms with E-state index in [0.717, 1.165) is 33.7 Å². The lowest BCUT2D eigenvalue weighted by Gasteiger charge is -2.29. The zero-order chi connectivity index (χ0) is 21.0. The highest BCUT2D eigenvalue weighted by atomic mass is 35.5. The van der Waals surface area contributed by atoms with Crippen molar-refractivity contribution in [3.05, 3.63) is 45.9 Å². The molecule has 12 heteroatoms. The van der Waals surface area contributed by atoms with Crippen LogP contribution in [0.2, 0.25) is 10.0 Å². The van der Waals surface area contributed by atoms with E-state index in [0.29, 0.717) is 5.52 Å². The van der Waals surface area contributed by atoms with Gasteiger partial charge in [-0.25, -0.2) is 9.78 Å². The second-order valence-electron chi connectivity index (χ2n) is 6.05. The number of hydrogen-bond acceptors (Lipinski definition) is 5. The number of urea groups is 1. The largest absolute Gasteiger partial charge is 0.492 e. The molecule has 152 valence electrons. The molecule has 1 aromatic heterocycles. The highest BCUT2D eigenvalue weighted by Gasteiger charge is 2.66. The highest BCUT2D eigenvalue weighted by Crippen LogP contribution is 2.48. The van der Waals surface area contributed by atoms with Gasteiger partial charge in [0.1, 0.15) is 0 Å². The number of benzene rings is 2. The van der Waals surface area contributed by atoms with Gasteiger partial charge in [0.15, 0.2) is 16.6 Å². The summed E-state index contributed by atoms with van der Waals surface area (Å²) in [6.07, 6.45) is -5.12. The maximum Gasteiger partial charge on any atom is 0.492 e. The van der Waals surface area contributed by atoms with Crippen molar-refractivity contribution in [3.63, 3.8) is 0 Å². The lowest BCUT2D eigenvalue weighted by molar-refractivity contribution is -0.317. The summed E-state index contributed by atoms with van der Waals surface area (Å²) in [5.74, 6) is -4.07. The number of ether oxygens (including phenoxy) is 2. The van der Waals surface area contributed by atoms with Crippen LogP contribution in [0.3, 0.4) is 0 Å². The second-order valence-corrected chi connectivity index (χ2v) is 7.90. The van der Waals surface area contributed by atoms with Gasteiger partial charge in [0.2, 0.25) is 0 Å². The van der Waals surface area contributed by atoms with Crippen LogP contribution in [0.4, 0.5) is 23.1 Å². The van der Waals surface area contributed by atoms with Gasteiger partial charge in [-0.05, 0) is 18.6 Å². The van der Waals surface area contributed by atoms with Gasteiger partial charge in [-0.1, -0.05) is 46.7 Å². The summed E-state index contributed by atoms with van der Waals surface area (Å²) in [4.78, 5) is 16.5. The number of nitrogens with one attached hydrogen (secondary N) is 2. The van der Waals surface area contributed by atoms with E-state index < -0.39 is 18.1 Å². The van der Waals surface area contributed by atoms with Crippen LogP contribution in [0, 0.1) is 6.92 Å². The molecule has 0 bridgehead atoms. The first-order valence-electron chi connectivity index (χ1n) is 7.97. The third kappa shape index (κ3) is 3.52. The molecule has 2 amide bonds. The Balaban J connectivity index is 1.59. The predicted molar refractivity (Wildman–Crippen MR) is 103 cm³/mol. The Bertz CT molecular complexity index is 1110. The molecule has 1 aliphatic heterocycles. The minimum absolute atomic E-state index is 0.0266. The molecule has 2 heterocycles. The summed E-state index contributed by atoms with van der Waals surface area (Å²) in [6.45, 7) is 1.83. The molecule has 1 aliphatic rings. The van der Waals surface area contributed by atoms with E-state index in [9.17, 15) is 18.0 Å². The van der Waals surface area contributed by atoms with E-state index in [1.165, 1.54) is 0 Å². The molecule has 0 saturated carbocycles. The molecular formula is C17H10Cl2F3N3O3S. The van der Waals surface area contributed by atoms with E-state index in [4.69, 9.17) is 32.7 Å². The number of para-hydroxylation sites is 1. The number of nitrogens with zero attached hydrogens (tertiary/aromatic N) is 1. The average molecular weight is 464 g/mol. The van der Waals surface area contributed by atoms with Crippen LogP contribution in [0.15, 0.2) is 30.3 Å². The lowest BCUT2D eigenvalue weighted by Crippen LogP contribution is -2.65. The minimum atomic E-state index is -5.12. The molecule has 2 N–H and O–H groups in total. The number of carbonyl (C=O) groups excluding carboxylic acids is 1. The average Bonchev–Trinajstić information content (AvgIpc) is 3.17. The zero-order valence-corrected chi connectivity index (χ0v) is 16.7. The highest BCUT2D eigenvalue weighted by molar-refractivity contribution is 7.22. The number of carbonyl (C=O) groups is 1. The smallest absolute Gasteiger partial charge is 0.424 e. The number of hydrogen-bond donors (Lipinski definition) is 2. The van der Waals surface area contributed by atoms with E-state index in [1.807, 2.05) is 19.1 Å². The van der Waals surface area contributed by atoms with Crippen LogP contribution in [-0.2, 0) is 0 Å². The number of amides is 2. The molecule has 3 aromatic rings. The first-order valence-corrected chi connectivity index (χ1v) is 9.54. The lowest BCUT2D eigenvalue weighted by atomic mass is 10.2. The van der Waals surface area contributed by atoms with E-state index in [2.05, 4.69) is 10.3 Å².